The van der Waals surface area contributed by atoms with Crippen LogP contribution in [-0.2, 0) is 13.1 Å². The maximum absolute atomic E-state index is 12.3. The summed E-state index contributed by atoms with van der Waals surface area (Å²) in [7, 11) is 0. The van der Waals surface area contributed by atoms with Crippen molar-refractivity contribution < 1.29 is 14.3 Å². The number of benzene rings is 1. The van der Waals surface area contributed by atoms with Crippen molar-refractivity contribution in [1.82, 2.24) is 15.1 Å². The minimum Gasteiger partial charge on any atom is -0.486 e. The maximum Gasteiger partial charge on any atom is 0.251 e. The molecule has 0 fully saturated rings. The van der Waals surface area contributed by atoms with E-state index >= 15 is 0 Å². The number of carbonyl (C=O) groups is 1. The van der Waals surface area contributed by atoms with Gasteiger partial charge in [0.05, 0.1) is 17.9 Å². The van der Waals surface area contributed by atoms with Crippen LogP contribution in [0.3, 0.4) is 0 Å². The summed E-state index contributed by atoms with van der Waals surface area (Å²) < 4.78 is 12.8. The van der Waals surface area contributed by atoms with Crippen molar-refractivity contribution in [1.29, 1.82) is 0 Å². The van der Waals surface area contributed by atoms with E-state index < -0.39 is 0 Å². The summed E-state index contributed by atoms with van der Waals surface area (Å²) in [6, 6.07) is 7.20. The predicted octanol–water partition coefficient (Wildman–Crippen LogP) is 1.91. The van der Waals surface area contributed by atoms with Crippen LogP contribution in [0.2, 0.25) is 0 Å². The molecule has 0 radical (unpaired) electrons. The number of nitrogens with one attached hydrogen (secondary N) is 1. The van der Waals surface area contributed by atoms with E-state index in [0.717, 1.165) is 17.9 Å². The van der Waals surface area contributed by atoms with Crippen molar-refractivity contribution in [2.75, 3.05) is 13.2 Å². The first-order valence-corrected chi connectivity index (χ1v) is 7.38. The topological polar surface area (TPSA) is 65.4 Å². The Labute approximate surface area is 129 Å². The van der Waals surface area contributed by atoms with E-state index in [1.165, 1.54) is 0 Å². The lowest BCUT2D eigenvalue weighted by Gasteiger charge is -2.18. The normalized spacial score (nSPS) is 13.0. The van der Waals surface area contributed by atoms with E-state index in [0.29, 0.717) is 36.8 Å². The van der Waals surface area contributed by atoms with Crippen LogP contribution in [0.15, 0.2) is 24.3 Å². The van der Waals surface area contributed by atoms with Crippen LogP contribution in [0, 0.1) is 6.92 Å². The Morgan fingerprint density at radius 2 is 2.05 bits per heavy atom. The first-order chi connectivity index (χ1) is 10.7. The van der Waals surface area contributed by atoms with Crippen LogP contribution in [0.1, 0.15) is 28.7 Å². The van der Waals surface area contributed by atoms with E-state index in [1.54, 1.807) is 18.2 Å². The second-order valence-corrected chi connectivity index (χ2v) is 5.13. The van der Waals surface area contributed by atoms with Crippen LogP contribution in [0.25, 0.3) is 0 Å². The Kier molecular flexibility index (Phi) is 4.00. The lowest BCUT2D eigenvalue weighted by Crippen LogP contribution is -2.24. The molecule has 6 heteroatoms. The first kappa shape index (κ1) is 14.4. The van der Waals surface area contributed by atoms with Gasteiger partial charge in [0.2, 0.25) is 0 Å². The van der Waals surface area contributed by atoms with Crippen LogP contribution in [0.4, 0.5) is 0 Å². The second kappa shape index (κ2) is 6.09. The zero-order valence-corrected chi connectivity index (χ0v) is 12.8. The van der Waals surface area contributed by atoms with Crippen LogP contribution in [-0.4, -0.2) is 28.9 Å². The van der Waals surface area contributed by atoms with Gasteiger partial charge in [0.25, 0.3) is 5.91 Å². The monoisotopic (exact) mass is 301 g/mol. The summed E-state index contributed by atoms with van der Waals surface area (Å²) in [5, 5.41) is 7.28. The number of hydrogen-bond acceptors (Lipinski definition) is 4. The molecule has 0 aliphatic carbocycles. The lowest BCUT2D eigenvalue weighted by atomic mass is 10.2. The van der Waals surface area contributed by atoms with Gasteiger partial charge in [0.15, 0.2) is 11.5 Å². The number of fused-ring (bicyclic) bond motifs is 1. The molecule has 1 amide bonds. The van der Waals surface area contributed by atoms with Crippen molar-refractivity contribution in [2.45, 2.75) is 26.9 Å². The summed E-state index contributed by atoms with van der Waals surface area (Å²) in [6.07, 6.45) is 0. The molecule has 1 aliphatic heterocycles. The van der Waals surface area contributed by atoms with Crippen LogP contribution < -0.4 is 14.8 Å². The van der Waals surface area contributed by atoms with Gasteiger partial charge in [0, 0.05) is 12.1 Å². The number of ether oxygens (including phenoxy) is 2. The van der Waals surface area contributed by atoms with Crippen molar-refractivity contribution in [2.24, 2.45) is 0 Å². The highest BCUT2D eigenvalue weighted by Gasteiger charge is 2.15. The smallest absolute Gasteiger partial charge is 0.251 e. The molecule has 0 spiro atoms. The fourth-order valence-corrected chi connectivity index (χ4v) is 2.47. The number of hydrogen-bond donors (Lipinski definition) is 1. The van der Waals surface area contributed by atoms with Gasteiger partial charge in [-0.25, -0.2) is 0 Å². The number of carbonyl (C=O) groups excluding carboxylic acids is 1. The third-order valence-electron chi connectivity index (χ3n) is 3.52. The molecule has 1 aromatic heterocycles. The predicted molar refractivity (Wildman–Crippen MR) is 81.2 cm³/mol. The van der Waals surface area contributed by atoms with Crippen molar-refractivity contribution in [3.8, 4) is 11.5 Å². The third kappa shape index (κ3) is 2.90. The summed E-state index contributed by atoms with van der Waals surface area (Å²) in [6.45, 7) is 6.24. The molecule has 0 saturated heterocycles. The molecule has 0 saturated carbocycles. The molecule has 1 aromatic carbocycles. The Morgan fingerprint density at radius 3 is 2.82 bits per heavy atom. The number of aryl methyl sites for hydroxylation is 2. The average molecular weight is 301 g/mol. The SMILES string of the molecule is CCn1nc(C)cc1CNC(=O)c1ccc2c(c1)OCCO2. The maximum atomic E-state index is 12.3. The number of rotatable bonds is 4. The molecule has 6 nitrogen and oxygen atoms in total. The summed E-state index contributed by atoms with van der Waals surface area (Å²) >= 11 is 0. The van der Waals surface area contributed by atoms with Gasteiger partial charge in [0.1, 0.15) is 13.2 Å². The second-order valence-electron chi connectivity index (χ2n) is 5.13. The summed E-state index contributed by atoms with van der Waals surface area (Å²) in [5.74, 6) is 1.16. The molecule has 0 atom stereocenters. The lowest BCUT2D eigenvalue weighted by molar-refractivity contribution is 0.0948. The molecule has 1 aliphatic rings. The quantitative estimate of drug-likeness (QED) is 0.937. The Morgan fingerprint density at radius 1 is 1.27 bits per heavy atom. The Bertz CT molecular complexity index is 694. The zero-order chi connectivity index (χ0) is 15.5. The fraction of sp³-hybridized carbons (Fsp3) is 0.375. The molecule has 2 heterocycles. The van der Waals surface area contributed by atoms with Gasteiger partial charge in [-0.05, 0) is 38.1 Å². The van der Waals surface area contributed by atoms with Crippen molar-refractivity contribution >= 4 is 5.91 Å². The van der Waals surface area contributed by atoms with Gasteiger partial charge >= 0.3 is 0 Å². The molecule has 116 valence electrons. The van der Waals surface area contributed by atoms with Crippen LogP contribution >= 0.6 is 0 Å². The van der Waals surface area contributed by atoms with E-state index in [-0.39, 0.29) is 5.91 Å². The molecular weight excluding hydrogens is 282 g/mol. The molecule has 0 bridgehead atoms. The number of nitrogens with zero attached hydrogens (tertiary/aromatic N) is 2. The van der Waals surface area contributed by atoms with E-state index in [1.807, 2.05) is 24.6 Å². The highest BCUT2D eigenvalue weighted by molar-refractivity contribution is 5.94. The molecular formula is C16H19N3O3. The van der Waals surface area contributed by atoms with Gasteiger partial charge in [-0.15, -0.1) is 0 Å². The van der Waals surface area contributed by atoms with Crippen molar-refractivity contribution in [3.63, 3.8) is 0 Å². The highest BCUT2D eigenvalue weighted by atomic mass is 16.6. The van der Waals surface area contributed by atoms with Crippen LogP contribution in [0.5, 0.6) is 11.5 Å². The molecule has 1 N–H and O–H groups in total. The largest absolute Gasteiger partial charge is 0.486 e. The van der Waals surface area contributed by atoms with Gasteiger partial charge in [-0.2, -0.15) is 5.10 Å². The first-order valence-electron chi connectivity index (χ1n) is 7.38. The van der Waals surface area contributed by atoms with E-state index in [2.05, 4.69) is 10.4 Å². The van der Waals surface area contributed by atoms with E-state index in [4.69, 9.17) is 9.47 Å². The minimum absolute atomic E-state index is 0.140. The van der Waals surface area contributed by atoms with Gasteiger partial charge in [-0.1, -0.05) is 0 Å². The zero-order valence-electron chi connectivity index (χ0n) is 12.8. The summed E-state index contributed by atoms with van der Waals surface area (Å²) in [4.78, 5) is 12.3. The average Bonchev–Trinajstić information content (AvgIpc) is 2.92. The third-order valence-corrected chi connectivity index (χ3v) is 3.52. The molecule has 2 aromatic rings. The van der Waals surface area contributed by atoms with Gasteiger partial charge < -0.3 is 14.8 Å². The fourth-order valence-electron chi connectivity index (χ4n) is 2.47. The minimum atomic E-state index is -0.140. The standard InChI is InChI=1S/C16H19N3O3/c1-3-19-13(8-11(2)18-19)10-17-16(20)12-4-5-14-15(9-12)22-7-6-21-14/h4-5,8-9H,3,6-7,10H2,1-2H3,(H,17,20). The molecule has 3 rings (SSSR count). The Balaban J connectivity index is 1.69. The van der Waals surface area contributed by atoms with E-state index in [9.17, 15) is 4.79 Å². The Hall–Kier alpha value is -2.50. The molecule has 22 heavy (non-hydrogen) atoms. The molecule has 0 unspecified atom stereocenters. The summed E-state index contributed by atoms with van der Waals surface area (Å²) in [5.41, 5.74) is 2.50. The van der Waals surface area contributed by atoms with Gasteiger partial charge in [-0.3, -0.25) is 9.48 Å². The number of amides is 1. The highest BCUT2D eigenvalue weighted by Crippen LogP contribution is 2.30. The van der Waals surface area contributed by atoms with Crippen molar-refractivity contribution in [3.05, 3.63) is 41.2 Å². The number of aromatic nitrogens is 2.